The van der Waals surface area contributed by atoms with Crippen LogP contribution in [-0.2, 0) is 11.2 Å². The van der Waals surface area contributed by atoms with Gasteiger partial charge in [0, 0.05) is 19.5 Å². The van der Waals surface area contributed by atoms with E-state index in [1.54, 1.807) is 0 Å². The highest BCUT2D eigenvalue weighted by Crippen LogP contribution is 2.12. The Hall–Kier alpha value is -2.96. The second-order valence-corrected chi connectivity index (χ2v) is 4.92. The highest BCUT2D eigenvalue weighted by atomic mass is 16.5. The number of carbonyl (C=O) groups is 2. The first-order chi connectivity index (χ1) is 11.0. The van der Waals surface area contributed by atoms with Crippen molar-refractivity contribution in [2.45, 2.75) is 12.5 Å². The molecule has 0 spiro atoms. The average Bonchev–Trinajstić information content (AvgIpc) is 2.59. The maximum Gasteiger partial charge on any atom is 0.326 e. The van der Waals surface area contributed by atoms with E-state index in [1.807, 2.05) is 30.3 Å². The van der Waals surface area contributed by atoms with Gasteiger partial charge in [0.25, 0.3) is 5.91 Å². The molecule has 1 atom stereocenters. The van der Waals surface area contributed by atoms with E-state index < -0.39 is 17.9 Å². The van der Waals surface area contributed by atoms with Gasteiger partial charge in [0.2, 0.25) is 5.88 Å². The Balaban J connectivity index is 2.17. The van der Waals surface area contributed by atoms with Crippen molar-refractivity contribution in [1.29, 1.82) is 0 Å². The molecule has 0 fully saturated rings. The molecule has 7 nitrogen and oxygen atoms in total. The van der Waals surface area contributed by atoms with Gasteiger partial charge < -0.3 is 14.7 Å². The maximum absolute atomic E-state index is 12.4. The number of carboxylic acids is 1. The van der Waals surface area contributed by atoms with Crippen LogP contribution in [0, 0.1) is 0 Å². The molecule has 1 aromatic heterocycles. The molecule has 2 aromatic rings. The summed E-state index contributed by atoms with van der Waals surface area (Å²) in [7, 11) is 2.88. The van der Waals surface area contributed by atoms with Gasteiger partial charge in [0.15, 0.2) is 5.69 Å². The van der Waals surface area contributed by atoms with Crippen molar-refractivity contribution in [2.75, 3.05) is 14.2 Å². The van der Waals surface area contributed by atoms with E-state index in [9.17, 15) is 14.7 Å². The maximum atomic E-state index is 12.4. The van der Waals surface area contributed by atoms with Crippen molar-refractivity contribution < 1.29 is 19.4 Å². The van der Waals surface area contributed by atoms with Crippen LogP contribution < -0.4 is 4.74 Å². The number of carbonyl (C=O) groups excluding carboxylic acids is 1. The van der Waals surface area contributed by atoms with Crippen LogP contribution in [0.5, 0.6) is 5.88 Å². The highest BCUT2D eigenvalue weighted by molar-refractivity contribution is 5.94. The molecule has 1 heterocycles. The van der Waals surface area contributed by atoms with Gasteiger partial charge >= 0.3 is 5.97 Å². The van der Waals surface area contributed by atoms with Crippen LogP contribution in [0.4, 0.5) is 0 Å². The molecule has 1 aromatic carbocycles. The molecule has 0 aliphatic heterocycles. The number of hydrogen-bond donors (Lipinski definition) is 1. The van der Waals surface area contributed by atoms with E-state index in [4.69, 9.17) is 4.74 Å². The topological polar surface area (TPSA) is 92.6 Å². The first-order valence-electron chi connectivity index (χ1n) is 6.94. The minimum Gasteiger partial charge on any atom is -0.480 e. The predicted octanol–water partition coefficient (Wildman–Crippen LogP) is 1.25. The molecule has 120 valence electrons. The summed E-state index contributed by atoms with van der Waals surface area (Å²) < 4.78 is 4.88. The predicted molar refractivity (Wildman–Crippen MR) is 82.2 cm³/mol. The Bertz CT molecular complexity index is 673. The molecule has 1 unspecified atom stereocenters. The third-order valence-electron chi connectivity index (χ3n) is 3.41. The number of aromatic nitrogens is 2. The molecule has 7 heteroatoms. The summed E-state index contributed by atoms with van der Waals surface area (Å²) in [6, 6.07) is 11.1. The molecule has 0 saturated heterocycles. The number of carboxylic acid groups (broad SMARTS) is 1. The van der Waals surface area contributed by atoms with Gasteiger partial charge in [-0.05, 0) is 11.6 Å². The fourth-order valence-corrected chi connectivity index (χ4v) is 2.09. The number of aliphatic carboxylic acids is 1. The van der Waals surface area contributed by atoms with Crippen molar-refractivity contribution in [1.82, 2.24) is 15.1 Å². The fourth-order valence-electron chi connectivity index (χ4n) is 2.09. The molecule has 2 rings (SSSR count). The number of rotatable bonds is 6. The molecule has 0 radical (unpaired) electrons. The largest absolute Gasteiger partial charge is 0.480 e. The summed E-state index contributed by atoms with van der Waals surface area (Å²) in [6.45, 7) is 0. The number of hydrogen-bond acceptors (Lipinski definition) is 5. The van der Waals surface area contributed by atoms with Crippen molar-refractivity contribution >= 4 is 11.9 Å². The molecule has 1 N–H and O–H groups in total. The molecule has 1 amide bonds. The van der Waals surface area contributed by atoms with E-state index >= 15 is 0 Å². The van der Waals surface area contributed by atoms with E-state index in [0.717, 1.165) is 10.5 Å². The lowest BCUT2D eigenvalue weighted by Gasteiger charge is -2.24. The zero-order chi connectivity index (χ0) is 16.8. The van der Waals surface area contributed by atoms with Crippen LogP contribution in [0.2, 0.25) is 0 Å². The summed E-state index contributed by atoms with van der Waals surface area (Å²) in [5.41, 5.74) is 0.896. The third-order valence-corrected chi connectivity index (χ3v) is 3.41. The Morgan fingerprint density at radius 2 is 1.87 bits per heavy atom. The SMILES string of the molecule is COc1ccc(C(=O)N(C)C(Cc2ccccc2)C(=O)O)nn1. The number of methoxy groups -OCH3 is 1. The molecule has 23 heavy (non-hydrogen) atoms. The number of likely N-dealkylation sites (N-methyl/N-ethyl adjacent to an activating group) is 1. The van der Waals surface area contributed by atoms with E-state index in [1.165, 1.54) is 26.3 Å². The van der Waals surface area contributed by atoms with Crippen LogP contribution in [0.3, 0.4) is 0 Å². The van der Waals surface area contributed by atoms with Crippen LogP contribution in [0.25, 0.3) is 0 Å². The Labute approximate surface area is 133 Å². The Morgan fingerprint density at radius 1 is 1.17 bits per heavy atom. The van der Waals surface area contributed by atoms with Gasteiger partial charge in [-0.2, -0.15) is 0 Å². The van der Waals surface area contributed by atoms with Crippen LogP contribution >= 0.6 is 0 Å². The fraction of sp³-hybridized carbons (Fsp3) is 0.250. The first kappa shape index (κ1) is 16.4. The van der Waals surface area contributed by atoms with Crippen LogP contribution in [-0.4, -0.2) is 52.3 Å². The second-order valence-electron chi connectivity index (χ2n) is 4.92. The van der Waals surface area contributed by atoms with Gasteiger partial charge in [0.05, 0.1) is 7.11 Å². The number of ether oxygens (including phenoxy) is 1. The third kappa shape index (κ3) is 4.03. The average molecular weight is 315 g/mol. The summed E-state index contributed by atoms with van der Waals surface area (Å²) in [6.07, 6.45) is 0.210. The lowest BCUT2D eigenvalue weighted by atomic mass is 10.0. The van der Waals surface area contributed by atoms with Gasteiger partial charge in [-0.3, -0.25) is 4.79 Å². The number of benzene rings is 1. The monoisotopic (exact) mass is 315 g/mol. The summed E-state index contributed by atoms with van der Waals surface area (Å²) in [5, 5.41) is 16.9. The van der Waals surface area contributed by atoms with Crippen molar-refractivity contribution in [2.24, 2.45) is 0 Å². The van der Waals surface area contributed by atoms with E-state index in [-0.39, 0.29) is 18.0 Å². The summed E-state index contributed by atoms with van der Waals surface area (Å²) in [4.78, 5) is 25.1. The van der Waals surface area contributed by atoms with Crippen LogP contribution in [0.1, 0.15) is 16.1 Å². The Morgan fingerprint density at radius 3 is 2.39 bits per heavy atom. The Kier molecular flexibility index (Phi) is 5.24. The lowest BCUT2D eigenvalue weighted by Crippen LogP contribution is -2.44. The highest BCUT2D eigenvalue weighted by Gasteiger charge is 2.28. The minimum atomic E-state index is -1.08. The van der Waals surface area contributed by atoms with Gasteiger partial charge in [0.1, 0.15) is 6.04 Å². The quantitative estimate of drug-likeness (QED) is 0.862. The van der Waals surface area contributed by atoms with Crippen LogP contribution in [0.15, 0.2) is 42.5 Å². The van der Waals surface area contributed by atoms with E-state index in [0.29, 0.717) is 0 Å². The van der Waals surface area contributed by atoms with Gasteiger partial charge in [-0.25, -0.2) is 4.79 Å². The molecular formula is C16H17N3O4. The zero-order valence-electron chi connectivity index (χ0n) is 12.8. The standard InChI is InChI=1S/C16H17N3O4/c1-19(15(20)12-8-9-14(23-2)18-17-12)13(16(21)22)10-11-6-4-3-5-7-11/h3-9,13H,10H2,1-2H3,(H,21,22). The second kappa shape index (κ2) is 7.35. The molecule has 0 aliphatic carbocycles. The smallest absolute Gasteiger partial charge is 0.326 e. The zero-order valence-corrected chi connectivity index (χ0v) is 12.8. The number of nitrogens with zero attached hydrogens (tertiary/aromatic N) is 3. The van der Waals surface area contributed by atoms with E-state index in [2.05, 4.69) is 10.2 Å². The van der Waals surface area contributed by atoms with Crippen molar-refractivity contribution in [3.63, 3.8) is 0 Å². The van der Waals surface area contributed by atoms with Crippen molar-refractivity contribution in [3.05, 3.63) is 53.7 Å². The normalized spacial score (nSPS) is 11.6. The summed E-state index contributed by atoms with van der Waals surface area (Å²) in [5.74, 6) is -1.31. The van der Waals surface area contributed by atoms with Crippen molar-refractivity contribution in [3.8, 4) is 5.88 Å². The van der Waals surface area contributed by atoms with Gasteiger partial charge in [-0.15, -0.1) is 10.2 Å². The lowest BCUT2D eigenvalue weighted by molar-refractivity contribution is -0.141. The van der Waals surface area contributed by atoms with Gasteiger partial charge in [-0.1, -0.05) is 30.3 Å². The molecule has 0 saturated carbocycles. The molecule has 0 bridgehead atoms. The molecular weight excluding hydrogens is 298 g/mol. The number of amides is 1. The minimum absolute atomic E-state index is 0.0626. The first-order valence-corrected chi connectivity index (χ1v) is 6.94. The summed E-state index contributed by atoms with van der Waals surface area (Å²) >= 11 is 0. The molecule has 0 aliphatic rings.